The van der Waals surface area contributed by atoms with Crippen molar-refractivity contribution >= 4 is 0 Å². The molecule has 1 atom stereocenters. The summed E-state index contributed by atoms with van der Waals surface area (Å²) in [6.07, 6.45) is 2.72. The van der Waals surface area contributed by atoms with Crippen LogP contribution < -0.4 is 4.74 Å². The van der Waals surface area contributed by atoms with Crippen LogP contribution in [0, 0.1) is 5.92 Å². The Labute approximate surface area is 98.3 Å². The number of hydrogen-bond donors (Lipinski definition) is 1. The van der Waals surface area contributed by atoms with Crippen LogP contribution in [0.4, 0.5) is 0 Å². The smallest absolute Gasteiger partial charge is 0.119 e. The van der Waals surface area contributed by atoms with Crippen molar-refractivity contribution in [1.29, 1.82) is 0 Å². The fourth-order valence-corrected chi connectivity index (χ4v) is 1.78. The molecule has 1 aromatic rings. The van der Waals surface area contributed by atoms with Crippen LogP contribution in [-0.4, -0.2) is 17.8 Å². The Morgan fingerprint density at radius 1 is 1.12 bits per heavy atom. The van der Waals surface area contributed by atoms with Gasteiger partial charge in [-0.15, -0.1) is 0 Å². The van der Waals surface area contributed by atoms with Gasteiger partial charge in [0.25, 0.3) is 0 Å². The van der Waals surface area contributed by atoms with E-state index in [1.54, 1.807) is 0 Å². The molecule has 1 rings (SSSR count). The summed E-state index contributed by atoms with van der Waals surface area (Å²) in [5.41, 5.74) is 0. The number of hydrogen-bond acceptors (Lipinski definition) is 2. The van der Waals surface area contributed by atoms with E-state index in [9.17, 15) is 5.11 Å². The summed E-state index contributed by atoms with van der Waals surface area (Å²) in [6, 6.07) is 9.63. The Bertz CT molecular complexity index is 267. The molecule has 0 saturated heterocycles. The predicted octanol–water partition coefficient (Wildman–Crippen LogP) is 3.25. The van der Waals surface area contributed by atoms with E-state index in [4.69, 9.17) is 4.74 Å². The van der Waals surface area contributed by atoms with E-state index in [1.165, 1.54) is 0 Å². The van der Waals surface area contributed by atoms with Crippen LogP contribution in [0.1, 0.15) is 33.1 Å². The van der Waals surface area contributed by atoms with Crippen LogP contribution in [0.3, 0.4) is 0 Å². The number of rotatable bonds is 7. The van der Waals surface area contributed by atoms with Crippen molar-refractivity contribution in [2.75, 3.05) is 6.61 Å². The number of aliphatic hydroxyl groups is 1. The zero-order valence-corrected chi connectivity index (χ0v) is 10.2. The molecular formula is C14H22O2. The van der Waals surface area contributed by atoms with Crippen LogP contribution in [0.2, 0.25) is 0 Å². The maximum absolute atomic E-state index is 9.82. The topological polar surface area (TPSA) is 29.5 Å². The molecule has 1 unspecified atom stereocenters. The summed E-state index contributed by atoms with van der Waals surface area (Å²) < 4.78 is 5.51. The van der Waals surface area contributed by atoms with Crippen LogP contribution >= 0.6 is 0 Å². The second kappa shape index (κ2) is 7.29. The van der Waals surface area contributed by atoms with Gasteiger partial charge < -0.3 is 9.84 Å². The summed E-state index contributed by atoms with van der Waals surface area (Å²) in [5.74, 6) is 1.43. The van der Waals surface area contributed by atoms with Crippen molar-refractivity contribution in [2.24, 2.45) is 5.92 Å². The van der Waals surface area contributed by atoms with Crippen LogP contribution in [-0.2, 0) is 0 Å². The minimum atomic E-state index is -0.356. The molecule has 2 heteroatoms. The van der Waals surface area contributed by atoms with Crippen LogP contribution in [0.25, 0.3) is 0 Å². The number of benzene rings is 1. The van der Waals surface area contributed by atoms with Gasteiger partial charge in [0.15, 0.2) is 0 Å². The predicted molar refractivity (Wildman–Crippen MR) is 66.6 cm³/mol. The first-order chi connectivity index (χ1) is 7.76. The lowest BCUT2D eigenvalue weighted by Gasteiger charge is -2.17. The highest BCUT2D eigenvalue weighted by Crippen LogP contribution is 2.16. The van der Waals surface area contributed by atoms with Crippen molar-refractivity contribution in [2.45, 2.75) is 39.2 Å². The molecule has 16 heavy (non-hydrogen) atoms. The summed E-state index contributed by atoms with van der Waals surface area (Å²) in [5, 5.41) is 9.82. The van der Waals surface area contributed by atoms with E-state index in [0.29, 0.717) is 12.5 Å². The molecule has 2 nitrogen and oxygen atoms in total. The van der Waals surface area contributed by atoms with Crippen molar-refractivity contribution in [1.82, 2.24) is 0 Å². The summed E-state index contributed by atoms with van der Waals surface area (Å²) >= 11 is 0. The van der Waals surface area contributed by atoms with Gasteiger partial charge in [0.2, 0.25) is 0 Å². The summed E-state index contributed by atoms with van der Waals surface area (Å²) in [6.45, 7) is 4.72. The highest BCUT2D eigenvalue weighted by Gasteiger charge is 2.11. The Hall–Kier alpha value is -1.02. The van der Waals surface area contributed by atoms with E-state index in [0.717, 1.165) is 25.0 Å². The largest absolute Gasteiger partial charge is 0.491 e. The molecule has 0 bridgehead atoms. The highest BCUT2D eigenvalue weighted by molar-refractivity contribution is 5.20. The van der Waals surface area contributed by atoms with Crippen molar-refractivity contribution < 1.29 is 9.84 Å². The minimum absolute atomic E-state index is 0.356. The van der Waals surface area contributed by atoms with E-state index in [1.807, 2.05) is 30.3 Å². The Balaban J connectivity index is 2.27. The molecule has 1 aromatic carbocycles. The zero-order valence-electron chi connectivity index (χ0n) is 10.2. The van der Waals surface area contributed by atoms with Gasteiger partial charge in [0.05, 0.1) is 6.10 Å². The highest BCUT2D eigenvalue weighted by atomic mass is 16.5. The molecule has 0 aliphatic carbocycles. The van der Waals surface area contributed by atoms with Gasteiger partial charge in [-0.2, -0.15) is 0 Å². The third-order valence-electron chi connectivity index (χ3n) is 2.95. The second-order valence-corrected chi connectivity index (χ2v) is 4.20. The molecule has 0 aromatic heterocycles. The van der Waals surface area contributed by atoms with Crippen molar-refractivity contribution in [3.8, 4) is 5.75 Å². The first-order valence-electron chi connectivity index (χ1n) is 6.12. The fourth-order valence-electron chi connectivity index (χ4n) is 1.78. The molecule has 0 aliphatic rings. The molecule has 1 N–H and O–H groups in total. The lowest BCUT2D eigenvalue weighted by molar-refractivity contribution is 0.0834. The molecule has 0 fully saturated rings. The van der Waals surface area contributed by atoms with Gasteiger partial charge in [-0.25, -0.2) is 0 Å². The number of aliphatic hydroxyl groups excluding tert-OH is 1. The van der Waals surface area contributed by atoms with Gasteiger partial charge >= 0.3 is 0 Å². The zero-order chi connectivity index (χ0) is 11.8. The maximum Gasteiger partial charge on any atom is 0.119 e. The molecule has 0 spiro atoms. The van der Waals surface area contributed by atoms with E-state index in [2.05, 4.69) is 13.8 Å². The average Bonchev–Trinajstić information content (AvgIpc) is 2.34. The van der Waals surface area contributed by atoms with E-state index in [-0.39, 0.29) is 6.10 Å². The van der Waals surface area contributed by atoms with Gasteiger partial charge in [-0.3, -0.25) is 0 Å². The lowest BCUT2D eigenvalue weighted by atomic mass is 9.96. The number of para-hydroxylation sites is 1. The van der Waals surface area contributed by atoms with Crippen LogP contribution in [0.5, 0.6) is 5.75 Å². The standard InChI is InChI=1S/C14H22O2/c1-3-12(4-2)10-13(15)11-16-14-8-6-5-7-9-14/h5-9,12-13,15H,3-4,10-11H2,1-2H3. The van der Waals surface area contributed by atoms with Crippen molar-refractivity contribution in [3.05, 3.63) is 30.3 Å². The average molecular weight is 222 g/mol. The summed E-state index contributed by atoms with van der Waals surface area (Å²) in [7, 11) is 0. The van der Waals surface area contributed by atoms with Gasteiger partial charge in [-0.05, 0) is 24.5 Å². The quantitative estimate of drug-likeness (QED) is 0.767. The monoisotopic (exact) mass is 222 g/mol. The minimum Gasteiger partial charge on any atom is -0.491 e. The molecule has 0 saturated carbocycles. The Morgan fingerprint density at radius 3 is 2.31 bits per heavy atom. The van der Waals surface area contributed by atoms with Crippen LogP contribution in [0.15, 0.2) is 30.3 Å². The normalized spacial score (nSPS) is 12.8. The third-order valence-corrected chi connectivity index (χ3v) is 2.95. The SMILES string of the molecule is CCC(CC)CC(O)COc1ccccc1. The van der Waals surface area contributed by atoms with E-state index >= 15 is 0 Å². The second-order valence-electron chi connectivity index (χ2n) is 4.20. The third kappa shape index (κ3) is 4.67. The first kappa shape index (κ1) is 13.0. The van der Waals surface area contributed by atoms with Crippen molar-refractivity contribution in [3.63, 3.8) is 0 Å². The molecule has 0 radical (unpaired) electrons. The molecule has 0 amide bonds. The van der Waals surface area contributed by atoms with Gasteiger partial charge in [-0.1, -0.05) is 44.9 Å². The Kier molecular flexibility index (Phi) is 5.94. The number of ether oxygens (including phenoxy) is 1. The Morgan fingerprint density at radius 2 is 1.75 bits per heavy atom. The lowest BCUT2D eigenvalue weighted by Crippen LogP contribution is -2.20. The summed E-state index contributed by atoms with van der Waals surface area (Å²) in [4.78, 5) is 0. The van der Waals surface area contributed by atoms with E-state index < -0.39 is 0 Å². The molecular weight excluding hydrogens is 200 g/mol. The van der Waals surface area contributed by atoms with Gasteiger partial charge in [0.1, 0.15) is 12.4 Å². The fraction of sp³-hybridized carbons (Fsp3) is 0.571. The molecule has 0 aliphatic heterocycles. The van der Waals surface area contributed by atoms with Gasteiger partial charge in [0, 0.05) is 0 Å². The molecule has 0 heterocycles. The first-order valence-corrected chi connectivity index (χ1v) is 6.12. The maximum atomic E-state index is 9.82. The molecule has 90 valence electrons.